The molecule has 13 rings (SSSR count). The summed E-state index contributed by atoms with van der Waals surface area (Å²) in [5.41, 5.74) is 20.3. The first-order valence-electron chi connectivity index (χ1n) is 18.2. The van der Waals surface area contributed by atoms with Crippen molar-refractivity contribution >= 4 is 44.9 Å². The number of hydrogen-bond donors (Lipinski definition) is 0. The van der Waals surface area contributed by atoms with Crippen molar-refractivity contribution in [3.8, 4) is 50.6 Å². The highest BCUT2D eigenvalue weighted by Crippen LogP contribution is 2.63. The SMILES string of the molecule is c1ccc2c(c1)-c1ccccc1C21c2ccccc2-c2ccc(-c3ccc4c(c3)Oc3cccc5c3B4c3cccc4c6ccccc6n-5c34)cc21. The molecule has 1 spiro atoms. The van der Waals surface area contributed by atoms with Gasteiger partial charge in [0.05, 0.1) is 10.9 Å². The lowest BCUT2D eigenvalue weighted by molar-refractivity contribution is 0.487. The van der Waals surface area contributed by atoms with Crippen molar-refractivity contribution in [1.29, 1.82) is 0 Å². The predicted octanol–water partition coefficient (Wildman–Crippen LogP) is 9.73. The summed E-state index contributed by atoms with van der Waals surface area (Å²) in [7, 11) is 0. The topological polar surface area (TPSA) is 14.2 Å². The zero-order valence-electron chi connectivity index (χ0n) is 28.1. The van der Waals surface area contributed by atoms with Gasteiger partial charge in [-0.3, -0.25) is 0 Å². The van der Waals surface area contributed by atoms with Crippen molar-refractivity contribution in [3.05, 3.63) is 192 Å². The number of para-hydroxylation sites is 2. The molecule has 3 heterocycles. The highest BCUT2D eigenvalue weighted by atomic mass is 16.5. The maximum Gasteiger partial charge on any atom is 0.256 e. The first-order chi connectivity index (χ1) is 25.8. The molecule has 0 radical (unpaired) electrons. The van der Waals surface area contributed by atoms with Gasteiger partial charge in [0.2, 0.25) is 0 Å². The van der Waals surface area contributed by atoms with Gasteiger partial charge in [-0.1, -0.05) is 140 Å². The van der Waals surface area contributed by atoms with Crippen molar-refractivity contribution in [3.63, 3.8) is 0 Å². The largest absolute Gasteiger partial charge is 0.458 e. The van der Waals surface area contributed by atoms with E-state index in [2.05, 4.69) is 174 Å². The Bertz CT molecular complexity index is 3010. The number of benzene rings is 8. The summed E-state index contributed by atoms with van der Waals surface area (Å²) in [6.45, 7) is 0.0915. The van der Waals surface area contributed by atoms with Gasteiger partial charge in [-0.2, -0.15) is 0 Å². The molecule has 4 aliphatic rings. The minimum Gasteiger partial charge on any atom is -0.458 e. The molecule has 3 heteroatoms. The Morgan fingerprint density at radius 2 is 1.06 bits per heavy atom. The van der Waals surface area contributed by atoms with Crippen LogP contribution in [-0.2, 0) is 5.41 Å². The fourth-order valence-electron chi connectivity index (χ4n) is 10.5. The molecule has 2 aliphatic carbocycles. The smallest absolute Gasteiger partial charge is 0.256 e. The van der Waals surface area contributed by atoms with Crippen LogP contribution < -0.4 is 21.1 Å². The minimum absolute atomic E-state index is 0.0915. The van der Waals surface area contributed by atoms with Crippen molar-refractivity contribution in [1.82, 2.24) is 4.57 Å². The first kappa shape index (κ1) is 27.2. The molecule has 2 nitrogen and oxygen atoms in total. The number of rotatable bonds is 1. The first-order valence-corrected chi connectivity index (χ1v) is 18.2. The number of nitrogens with zero attached hydrogens (tertiary/aromatic N) is 1. The summed E-state index contributed by atoms with van der Waals surface area (Å²) < 4.78 is 9.36. The molecule has 0 fully saturated rings. The Balaban J connectivity index is 1.02. The van der Waals surface area contributed by atoms with Crippen molar-refractivity contribution < 1.29 is 4.74 Å². The lowest BCUT2D eigenvalue weighted by Gasteiger charge is -2.33. The minimum atomic E-state index is -0.367. The molecule has 9 aromatic rings. The van der Waals surface area contributed by atoms with Gasteiger partial charge < -0.3 is 9.30 Å². The van der Waals surface area contributed by atoms with E-state index in [4.69, 9.17) is 4.74 Å². The van der Waals surface area contributed by atoms with Crippen LogP contribution in [0.2, 0.25) is 0 Å². The van der Waals surface area contributed by atoms with Crippen LogP contribution in [0.3, 0.4) is 0 Å². The van der Waals surface area contributed by atoms with Crippen molar-refractivity contribution in [2.45, 2.75) is 5.41 Å². The van der Waals surface area contributed by atoms with Gasteiger partial charge in [0.25, 0.3) is 6.71 Å². The van der Waals surface area contributed by atoms with E-state index in [0.717, 1.165) is 17.1 Å². The molecule has 1 aromatic heterocycles. The number of fused-ring (bicyclic) bond motifs is 17. The predicted molar refractivity (Wildman–Crippen MR) is 214 cm³/mol. The van der Waals surface area contributed by atoms with Gasteiger partial charge in [0.1, 0.15) is 11.5 Å². The van der Waals surface area contributed by atoms with Crippen LogP contribution in [0, 0.1) is 0 Å². The fourth-order valence-corrected chi connectivity index (χ4v) is 10.5. The Hall–Kier alpha value is -6.58. The maximum atomic E-state index is 6.90. The molecule has 0 bridgehead atoms. The molecule has 238 valence electrons. The molecule has 52 heavy (non-hydrogen) atoms. The Labute approximate surface area is 301 Å². The van der Waals surface area contributed by atoms with Crippen LogP contribution in [0.4, 0.5) is 0 Å². The molecule has 2 aliphatic heterocycles. The third kappa shape index (κ3) is 3.08. The lowest BCUT2D eigenvalue weighted by Crippen LogP contribution is -2.58. The van der Waals surface area contributed by atoms with Gasteiger partial charge in [-0.25, -0.2) is 0 Å². The number of ether oxygens (including phenoxy) is 1. The van der Waals surface area contributed by atoms with Gasteiger partial charge in [-0.15, -0.1) is 0 Å². The van der Waals surface area contributed by atoms with Crippen LogP contribution in [0.15, 0.2) is 170 Å². The van der Waals surface area contributed by atoms with Crippen LogP contribution in [0.1, 0.15) is 22.3 Å². The van der Waals surface area contributed by atoms with Crippen molar-refractivity contribution in [2.75, 3.05) is 0 Å². The quantitative estimate of drug-likeness (QED) is 0.160. The normalized spacial score (nSPS) is 14.4. The highest BCUT2D eigenvalue weighted by molar-refractivity contribution is 6.99. The zero-order chi connectivity index (χ0) is 33.7. The second-order valence-electron chi connectivity index (χ2n) is 14.7. The molecular formula is C49H28BNO. The Morgan fingerprint density at radius 1 is 0.442 bits per heavy atom. The van der Waals surface area contributed by atoms with E-state index < -0.39 is 0 Å². The molecule has 0 saturated carbocycles. The van der Waals surface area contributed by atoms with E-state index >= 15 is 0 Å². The second kappa shape index (κ2) is 9.40. The molecule has 0 unspecified atom stereocenters. The zero-order valence-corrected chi connectivity index (χ0v) is 28.1. The summed E-state index contributed by atoms with van der Waals surface area (Å²) >= 11 is 0. The number of hydrogen-bond acceptors (Lipinski definition) is 1. The lowest BCUT2D eigenvalue weighted by atomic mass is 9.34. The second-order valence-corrected chi connectivity index (χ2v) is 14.7. The Kier molecular flexibility index (Phi) is 4.91. The van der Waals surface area contributed by atoms with E-state index in [0.29, 0.717) is 0 Å². The van der Waals surface area contributed by atoms with Crippen LogP contribution >= 0.6 is 0 Å². The van der Waals surface area contributed by atoms with Crippen LogP contribution in [0.5, 0.6) is 11.5 Å². The van der Waals surface area contributed by atoms with Gasteiger partial charge in [-0.05, 0) is 102 Å². The fraction of sp³-hybridized carbons (Fsp3) is 0.0204. The van der Waals surface area contributed by atoms with Gasteiger partial charge in [0, 0.05) is 22.0 Å². The Morgan fingerprint density at radius 3 is 1.83 bits per heavy atom. The van der Waals surface area contributed by atoms with Gasteiger partial charge in [0.15, 0.2) is 0 Å². The third-order valence-electron chi connectivity index (χ3n) is 12.5. The molecule has 8 aromatic carbocycles. The van der Waals surface area contributed by atoms with Crippen LogP contribution in [0.25, 0.3) is 60.9 Å². The maximum absolute atomic E-state index is 6.90. The molecule has 0 saturated heterocycles. The van der Waals surface area contributed by atoms with E-state index in [-0.39, 0.29) is 12.1 Å². The average molecular weight is 658 g/mol. The highest BCUT2D eigenvalue weighted by Gasteiger charge is 2.51. The summed E-state index contributed by atoms with van der Waals surface area (Å²) in [4.78, 5) is 0. The van der Waals surface area contributed by atoms with E-state index in [1.807, 2.05) is 0 Å². The third-order valence-corrected chi connectivity index (χ3v) is 12.5. The number of aromatic nitrogens is 1. The summed E-state index contributed by atoms with van der Waals surface area (Å²) in [5, 5.41) is 2.59. The molecule has 0 atom stereocenters. The van der Waals surface area contributed by atoms with Crippen LogP contribution in [-0.4, -0.2) is 11.3 Å². The molecule has 0 amide bonds. The molecule has 0 N–H and O–H groups in total. The summed E-state index contributed by atoms with van der Waals surface area (Å²) in [6, 6.07) is 63.2. The molecular weight excluding hydrogens is 629 g/mol. The standard InChI is InChI=1S/C49H28BNO/c1-5-16-37-31(11-1)32-12-2-6-17-38(32)49(37)39-18-7-3-13-33(39)34-25-23-29(27-40(34)49)30-24-26-41-46(28-30)52-45-22-10-21-44-47(45)50(41)42-19-9-15-36-35-14-4-8-20-43(35)51(44)48(36)42/h1-28H. The monoisotopic (exact) mass is 657 g/mol. The van der Waals surface area contributed by atoms with E-state index in [1.54, 1.807) is 0 Å². The van der Waals surface area contributed by atoms with E-state index in [1.165, 1.54) is 94.0 Å². The van der Waals surface area contributed by atoms with Crippen molar-refractivity contribution in [2.24, 2.45) is 0 Å². The van der Waals surface area contributed by atoms with Gasteiger partial charge >= 0.3 is 0 Å². The van der Waals surface area contributed by atoms with E-state index in [9.17, 15) is 0 Å². The average Bonchev–Trinajstić information content (AvgIpc) is 3.81. The summed E-state index contributed by atoms with van der Waals surface area (Å²) in [5.74, 6) is 1.87. The summed E-state index contributed by atoms with van der Waals surface area (Å²) in [6.07, 6.45) is 0.